The molecule has 0 aromatic carbocycles. The van der Waals surface area contributed by atoms with Crippen molar-refractivity contribution in [2.45, 2.75) is 31.8 Å². The monoisotopic (exact) mass is 151 g/mol. The molecule has 60 valence electrons. The van der Waals surface area contributed by atoms with Crippen LogP contribution in [0.4, 0.5) is 0 Å². The van der Waals surface area contributed by atoms with Gasteiger partial charge in [0, 0.05) is 30.9 Å². The lowest BCUT2D eigenvalue weighted by atomic mass is 10.0. The van der Waals surface area contributed by atoms with E-state index in [1.807, 2.05) is 12.4 Å². The van der Waals surface area contributed by atoms with Gasteiger partial charge in [0.05, 0.1) is 0 Å². The van der Waals surface area contributed by atoms with E-state index < -0.39 is 0 Å². The molecule has 2 atom stereocenters. The van der Waals surface area contributed by atoms with Crippen molar-refractivity contribution >= 4 is 0 Å². The zero-order valence-electron chi connectivity index (χ0n) is 6.70. The van der Waals surface area contributed by atoms with Crippen LogP contribution < -0.4 is 5.73 Å². The van der Waals surface area contributed by atoms with E-state index in [4.69, 9.17) is 5.73 Å². The molecule has 1 aromatic rings. The third kappa shape index (κ3) is 0.959. The molecule has 2 unspecified atom stereocenters. The van der Waals surface area contributed by atoms with Gasteiger partial charge < -0.3 is 10.3 Å². The molecule has 0 amide bonds. The van der Waals surface area contributed by atoms with E-state index in [1.165, 1.54) is 5.82 Å². The first-order valence-electron chi connectivity index (χ1n) is 4.06. The molecule has 0 saturated heterocycles. The van der Waals surface area contributed by atoms with E-state index in [9.17, 15) is 0 Å². The summed E-state index contributed by atoms with van der Waals surface area (Å²) in [7, 11) is 0. The molecule has 0 fully saturated rings. The van der Waals surface area contributed by atoms with Crippen LogP contribution >= 0.6 is 0 Å². The van der Waals surface area contributed by atoms with Crippen LogP contribution in [0.3, 0.4) is 0 Å². The number of hydrogen-bond donors (Lipinski definition) is 1. The third-order valence-electron chi connectivity index (χ3n) is 2.51. The zero-order chi connectivity index (χ0) is 7.84. The number of hydrogen-bond acceptors (Lipinski definition) is 2. The van der Waals surface area contributed by atoms with Crippen LogP contribution in [-0.2, 0) is 6.42 Å². The fourth-order valence-corrected chi connectivity index (χ4v) is 1.65. The average Bonchev–Trinajstić information content (AvgIpc) is 2.45. The maximum absolute atomic E-state index is 5.90. The second-order valence-corrected chi connectivity index (χ2v) is 3.19. The van der Waals surface area contributed by atoms with Crippen LogP contribution in [0.1, 0.15) is 25.2 Å². The lowest BCUT2D eigenvalue weighted by molar-refractivity contribution is 0.368. The van der Waals surface area contributed by atoms with Gasteiger partial charge in [0.25, 0.3) is 0 Å². The number of imidazole rings is 1. The highest BCUT2D eigenvalue weighted by molar-refractivity contribution is 5.01. The summed E-state index contributed by atoms with van der Waals surface area (Å²) in [6.45, 7) is 2.15. The van der Waals surface area contributed by atoms with Crippen molar-refractivity contribution in [3.05, 3.63) is 18.2 Å². The Hall–Kier alpha value is -0.830. The van der Waals surface area contributed by atoms with Gasteiger partial charge in [-0.1, -0.05) is 0 Å². The van der Waals surface area contributed by atoms with Gasteiger partial charge in [-0.3, -0.25) is 0 Å². The predicted octanol–water partition coefficient (Wildman–Crippen LogP) is 0.718. The van der Waals surface area contributed by atoms with Crippen LogP contribution in [-0.4, -0.2) is 15.6 Å². The van der Waals surface area contributed by atoms with Gasteiger partial charge in [0.1, 0.15) is 5.82 Å². The van der Waals surface area contributed by atoms with Gasteiger partial charge in [-0.2, -0.15) is 0 Å². The summed E-state index contributed by atoms with van der Waals surface area (Å²) in [4.78, 5) is 4.25. The molecule has 0 aliphatic carbocycles. The molecule has 3 heteroatoms. The normalized spacial score (nSPS) is 30.0. The standard InChI is InChI=1S/C8H13N3/c1-6-7(9)2-3-8-10-4-5-11(6)8/h4-7H,2-3,9H2,1H3. The number of aryl methyl sites for hydroxylation is 1. The second kappa shape index (κ2) is 2.34. The first-order valence-corrected chi connectivity index (χ1v) is 4.06. The zero-order valence-corrected chi connectivity index (χ0v) is 6.70. The first kappa shape index (κ1) is 6.85. The summed E-state index contributed by atoms with van der Waals surface area (Å²) >= 11 is 0. The Labute approximate surface area is 66.2 Å². The number of nitrogens with two attached hydrogens (primary N) is 1. The molecular weight excluding hydrogens is 138 g/mol. The van der Waals surface area contributed by atoms with E-state index in [0.29, 0.717) is 12.1 Å². The molecule has 1 aliphatic heterocycles. The molecule has 2 rings (SSSR count). The highest BCUT2D eigenvalue weighted by Crippen LogP contribution is 2.21. The molecule has 2 N–H and O–H groups in total. The van der Waals surface area contributed by atoms with Crippen molar-refractivity contribution in [1.82, 2.24) is 9.55 Å². The molecule has 3 nitrogen and oxygen atoms in total. The molecule has 1 aromatic heterocycles. The molecule has 2 heterocycles. The Kier molecular flexibility index (Phi) is 1.46. The van der Waals surface area contributed by atoms with E-state index in [1.54, 1.807) is 0 Å². The fourth-order valence-electron chi connectivity index (χ4n) is 1.65. The van der Waals surface area contributed by atoms with Gasteiger partial charge in [0.2, 0.25) is 0 Å². The van der Waals surface area contributed by atoms with Crippen LogP contribution in [0.5, 0.6) is 0 Å². The number of rotatable bonds is 0. The van der Waals surface area contributed by atoms with Crippen molar-refractivity contribution in [1.29, 1.82) is 0 Å². The number of nitrogens with zero attached hydrogens (tertiary/aromatic N) is 2. The Morgan fingerprint density at radius 3 is 3.36 bits per heavy atom. The minimum Gasteiger partial charge on any atom is -0.331 e. The van der Waals surface area contributed by atoms with E-state index >= 15 is 0 Å². The molecule has 0 saturated carbocycles. The van der Waals surface area contributed by atoms with Gasteiger partial charge in [-0.05, 0) is 13.3 Å². The smallest absolute Gasteiger partial charge is 0.108 e. The Balaban J connectivity index is 2.38. The van der Waals surface area contributed by atoms with Crippen molar-refractivity contribution in [3.8, 4) is 0 Å². The van der Waals surface area contributed by atoms with Crippen molar-refractivity contribution in [3.63, 3.8) is 0 Å². The van der Waals surface area contributed by atoms with Gasteiger partial charge >= 0.3 is 0 Å². The number of aromatic nitrogens is 2. The Morgan fingerprint density at radius 1 is 1.73 bits per heavy atom. The maximum atomic E-state index is 5.90. The van der Waals surface area contributed by atoms with E-state index in [2.05, 4.69) is 16.5 Å². The van der Waals surface area contributed by atoms with Crippen molar-refractivity contribution in [2.24, 2.45) is 5.73 Å². The topological polar surface area (TPSA) is 43.8 Å². The molecule has 0 radical (unpaired) electrons. The first-order chi connectivity index (χ1) is 5.29. The molecule has 0 spiro atoms. The lowest BCUT2D eigenvalue weighted by Crippen LogP contribution is -2.35. The van der Waals surface area contributed by atoms with Crippen LogP contribution in [0.25, 0.3) is 0 Å². The largest absolute Gasteiger partial charge is 0.331 e. The minimum absolute atomic E-state index is 0.302. The molecule has 0 bridgehead atoms. The summed E-state index contributed by atoms with van der Waals surface area (Å²) < 4.78 is 2.17. The quantitative estimate of drug-likeness (QED) is 0.593. The Bertz CT molecular complexity index is 254. The summed E-state index contributed by atoms with van der Waals surface area (Å²) in [5.41, 5.74) is 5.90. The average molecular weight is 151 g/mol. The van der Waals surface area contributed by atoms with Crippen LogP contribution in [0, 0.1) is 0 Å². The second-order valence-electron chi connectivity index (χ2n) is 3.19. The third-order valence-corrected chi connectivity index (χ3v) is 2.51. The highest BCUT2D eigenvalue weighted by Gasteiger charge is 2.22. The van der Waals surface area contributed by atoms with Gasteiger partial charge in [-0.25, -0.2) is 4.98 Å². The molecular formula is C8H13N3. The highest BCUT2D eigenvalue weighted by atomic mass is 15.1. The van der Waals surface area contributed by atoms with E-state index in [0.717, 1.165) is 12.8 Å². The Morgan fingerprint density at radius 2 is 2.55 bits per heavy atom. The minimum atomic E-state index is 0.302. The molecule has 11 heavy (non-hydrogen) atoms. The summed E-state index contributed by atoms with van der Waals surface area (Å²) in [5, 5.41) is 0. The van der Waals surface area contributed by atoms with Crippen molar-refractivity contribution < 1.29 is 0 Å². The summed E-state index contributed by atoms with van der Waals surface area (Å²) in [5.74, 6) is 1.18. The van der Waals surface area contributed by atoms with Gasteiger partial charge in [0.15, 0.2) is 0 Å². The van der Waals surface area contributed by atoms with Crippen LogP contribution in [0.15, 0.2) is 12.4 Å². The maximum Gasteiger partial charge on any atom is 0.108 e. The fraction of sp³-hybridized carbons (Fsp3) is 0.625. The van der Waals surface area contributed by atoms with Gasteiger partial charge in [-0.15, -0.1) is 0 Å². The lowest BCUT2D eigenvalue weighted by Gasteiger charge is -2.27. The van der Waals surface area contributed by atoms with E-state index in [-0.39, 0.29) is 0 Å². The SMILES string of the molecule is CC1C(N)CCc2nccn21. The predicted molar refractivity (Wildman–Crippen MR) is 43.2 cm³/mol. The molecule has 1 aliphatic rings. The van der Waals surface area contributed by atoms with Crippen LogP contribution in [0.2, 0.25) is 0 Å². The number of fused-ring (bicyclic) bond motifs is 1. The summed E-state index contributed by atoms with van der Waals surface area (Å²) in [6.07, 6.45) is 5.96. The van der Waals surface area contributed by atoms with Crippen molar-refractivity contribution in [2.75, 3.05) is 0 Å². The summed E-state index contributed by atoms with van der Waals surface area (Å²) in [6, 6.07) is 0.720.